The Hall–Kier alpha value is -2.18. The lowest BCUT2D eigenvalue weighted by Gasteiger charge is -2.26. The average Bonchev–Trinajstić information content (AvgIpc) is 3.33. The smallest absolute Gasteiger partial charge is 0.253 e. The van der Waals surface area contributed by atoms with Crippen molar-refractivity contribution in [2.45, 2.75) is 25.7 Å². The lowest BCUT2D eigenvalue weighted by molar-refractivity contribution is 0.0779. The van der Waals surface area contributed by atoms with E-state index in [-0.39, 0.29) is 18.4 Å². The minimum absolute atomic E-state index is 0.0591. The number of likely N-dealkylation sites (tertiary alicyclic amines) is 2. The van der Waals surface area contributed by atoms with Gasteiger partial charge >= 0.3 is 0 Å². The Bertz CT molecular complexity index is 751. The molecule has 4 rings (SSSR count). The molecule has 1 aromatic carbocycles. The van der Waals surface area contributed by atoms with Crippen molar-refractivity contribution in [2.24, 2.45) is 11.8 Å². The predicted molar refractivity (Wildman–Crippen MR) is 108 cm³/mol. The monoisotopic (exact) mass is 382 g/mol. The number of carbonyl (C=O) groups is 1. The van der Waals surface area contributed by atoms with Crippen molar-refractivity contribution < 1.29 is 9.90 Å². The number of hydrogen-bond acceptors (Lipinski definition) is 4. The van der Waals surface area contributed by atoms with E-state index in [9.17, 15) is 9.90 Å². The Morgan fingerprint density at radius 1 is 1.04 bits per heavy atom. The first-order chi connectivity index (χ1) is 13.7. The molecule has 2 aliphatic heterocycles. The summed E-state index contributed by atoms with van der Waals surface area (Å²) in [6.07, 6.45) is 8.80. The Morgan fingerprint density at radius 3 is 2.39 bits per heavy atom. The van der Waals surface area contributed by atoms with Gasteiger partial charge < -0.3 is 14.9 Å². The van der Waals surface area contributed by atoms with Gasteiger partial charge in [0.15, 0.2) is 0 Å². The molecule has 1 aromatic heterocycles. The van der Waals surface area contributed by atoms with Crippen LogP contribution in [0.3, 0.4) is 0 Å². The number of aromatic nitrogens is 2. The molecule has 2 unspecified atom stereocenters. The summed E-state index contributed by atoms with van der Waals surface area (Å²) >= 11 is 0. The van der Waals surface area contributed by atoms with Gasteiger partial charge in [-0.2, -0.15) is 5.10 Å². The Morgan fingerprint density at radius 2 is 1.75 bits per heavy atom. The van der Waals surface area contributed by atoms with Gasteiger partial charge in [-0.15, -0.1) is 0 Å². The van der Waals surface area contributed by atoms with Crippen LogP contribution >= 0.6 is 0 Å². The summed E-state index contributed by atoms with van der Waals surface area (Å²) < 4.78 is 1.78. The average molecular weight is 383 g/mol. The van der Waals surface area contributed by atoms with Crippen LogP contribution in [0.25, 0.3) is 5.69 Å². The normalized spacial score (nSPS) is 23.7. The first-order valence-electron chi connectivity index (χ1n) is 10.5. The van der Waals surface area contributed by atoms with Crippen LogP contribution in [-0.4, -0.2) is 69.9 Å². The molecule has 0 bridgehead atoms. The molecule has 1 N–H and O–H groups in total. The molecule has 2 fully saturated rings. The van der Waals surface area contributed by atoms with Crippen molar-refractivity contribution in [2.75, 3.05) is 39.3 Å². The third kappa shape index (κ3) is 4.28. The Balaban J connectivity index is 1.40. The predicted octanol–water partition coefficient (Wildman–Crippen LogP) is 2.43. The van der Waals surface area contributed by atoms with Crippen LogP contribution in [0.15, 0.2) is 42.7 Å². The summed E-state index contributed by atoms with van der Waals surface area (Å²) in [6.45, 7) is 4.83. The zero-order valence-corrected chi connectivity index (χ0v) is 16.4. The van der Waals surface area contributed by atoms with E-state index in [1.807, 2.05) is 41.4 Å². The van der Waals surface area contributed by atoms with Crippen LogP contribution in [0.1, 0.15) is 36.0 Å². The van der Waals surface area contributed by atoms with Crippen molar-refractivity contribution in [1.82, 2.24) is 19.6 Å². The number of hydrogen-bond donors (Lipinski definition) is 1. The maximum atomic E-state index is 13.0. The molecule has 0 aliphatic carbocycles. The van der Waals surface area contributed by atoms with E-state index in [2.05, 4.69) is 10.00 Å². The molecule has 0 radical (unpaired) electrons. The van der Waals surface area contributed by atoms with Crippen molar-refractivity contribution in [1.29, 1.82) is 0 Å². The highest BCUT2D eigenvalue weighted by molar-refractivity contribution is 5.94. The second kappa shape index (κ2) is 8.88. The van der Waals surface area contributed by atoms with E-state index >= 15 is 0 Å². The van der Waals surface area contributed by atoms with Gasteiger partial charge in [0.25, 0.3) is 5.91 Å². The van der Waals surface area contributed by atoms with E-state index in [0.29, 0.717) is 18.0 Å². The molecule has 6 nitrogen and oxygen atoms in total. The zero-order valence-electron chi connectivity index (χ0n) is 16.4. The van der Waals surface area contributed by atoms with Gasteiger partial charge in [0.2, 0.25) is 0 Å². The second-order valence-electron chi connectivity index (χ2n) is 8.13. The van der Waals surface area contributed by atoms with Gasteiger partial charge in [0.1, 0.15) is 0 Å². The molecule has 1 amide bonds. The molecule has 3 heterocycles. The van der Waals surface area contributed by atoms with Gasteiger partial charge in [0.05, 0.1) is 5.69 Å². The number of amides is 1. The van der Waals surface area contributed by atoms with Gasteiger partial charge in [-0.3, -0.25) is 4.79 Å². The zero-order chi connectivity index (χ0) is 19.3. The van der Waals surface area contributed by atoms with E-state index in [1.165, 1.54) is 25.7 Å². The first-order valence-corrected chi connectivity index (χ1v) is 10.5. The summed E-state index contributed by atoms with van der Waals surface area (Å²) in [6, 6.07) is 9.47. The van der Waals surface area contributed by atoms with E-state index in [1.54, 1.807) is 10.9 Å². The lowest BCUT2D eigenvalue weighted by atomic mass is 9.96. The van der Waals surface area contributed by atoms with Crippen LogP contribution in [0.5, 0.6) is 0 Å². The molecule has 6 heteroatoms. The number of aliphatic hydroxyl groups excluding tert-OH is 1. The van der Waals surface area contributed by atoms with Gasteiger partial charge in [-0.05, 0) is 62.2 Å². The number of carbonyl (C=O) groups excluding carboxylic acids is 1. The highest BCUT2D eigenvalue weighted by Gasteiger charge is 2.36. The summed E-state index contributed by atoms with van der Waals surface area (Å²) in [5.41, 5.74) is 1.64. The summed E-state index contributed by atoms with van der Waals surface area (Å²) in [5.74, 6) is 0.592. The first kappa shape index (κ1) is 19.2. The summed E-state index contributed by atoms with van der Waals surface area (Å²) in [4.78, 5) is 17.5. The van der Waals surface area contributed by atoms with Crippen LogP contribution in [0.2, 0.25) is 0 Å². The largest absolute Gasteiger partial charge is 0.396 e. The van der Waals surface area contributed by atoms with Crippen molar-refractivity contribution in [3.05, 3.63) is 48.3 Å². The van der Waals surface area contributed by atoms with Gasteiger partial charge in [-0.25, -0.2) is 4.68 Å². The maximum Gasteiger partial charge on any atom is 0.253 e. The fraction of sp³-hybridized carbons (Fsp3) is 0.545. The van der Waals surface area contributed by atoms with Crippen molar-refractivity contribution in [3.63, 3.8) is 0 Å². The quantitative estimate of drug-likeness (QED) is 0.863. The molecule has 0 spiro atoms. The van der Waals surface area contributed by atoms with Crippen LogP contribution in [0.4, 0.5) is 0 Å². The third-order valence-electron chi connectivity index (χ3n) is 6.17. The van der Waals surface area contributed by atoms with Crippen molar-refractivity contribution in [3.8, 4) is 5.69 Å². The fourth-order valence-corrected chi connectivity index (χ4v) is 4.53. The summed E-state index contributed by atoms with van der Waals surface area (Å²) in [7, 11) is 0. The molecule has 2 saturated heterocycles. The van der Waals surface area contributed by atoms with Crippen LogP contribution in [-0.2, 0) is 0 Å². The van der Waals surface area contributed by atoms with Crippen LogP contribution < -0.4 is 0 Å². The van der Waals surface area contributed by atoms with E-state index in [4.69, 9.17) is 0 Å². The third-order valence-corrected chi connectivity index (χ3v) is 6.17. The molecule has 150 valence electrons. The van der Waals surface area contributed by atoms with E-state index in [0.717, 1.165) is 31.9 Å². The molecule has 0 saturated carbocycles. The SMILES string of the molecule is O=C(c1ccc(-n2cccn2)cc1)N1CC(CO)C(CN2CCCCCC2)C1. The van der Waals surface area contributed by atoms with Gasteiger partial charge in [-0.1, -0.05) is 12.8 Å². The highest BCUT2D eigenvalue weighted by atomic mass is 16.3. The number of rotatable bonds is 5. The molecule has 2 aromatic rings. The molecule has 2 atom stereocenters. The van der Waals surface area contributed by atoms with Gasteiger partial charge in [0, 0.05) is 50.1 Å². The fourth-order valence-electron chi connectivity index (χ4n) is 4.53. The van der Waals surface area contributed by atoms with E-state index < -0.39 is 0 Å². The Labute approximate surface area is 166 Å². The highest BCUT2D eigenvalue weighted by Crippen LogP contribution is 2.27. The van der Waals surface area contributed by atoms with Crippen molar-refractivity contribution >= 4 is 5.91 Å². The molecule has 28 heavy (non-hydrogen) atoms. The number of aliphatic hydroxyl groups is 1. The Kier molecular flexibility index (Phi) is 6.07. The minimum Gasteiger partial charge on any atom is -0.396 e. The van der Waals surface area contributed by atoms with Crippen LogP contribution in [0, 0.1) is 11.8 Å². The second-order valence-corrected chi connectivity index (χ2v) is 8.13. The maximum absolute atomic E-state index is 13.0. The standard InChI is InChI=1S/C22H30N4O2/c27-17-20-16-25(15-19(20)14-24-11-3-1-2-4-12-24)22(28)18-6-8-21(9-7-18)26-13-5-10-23-26/h5-10,13,19-20,27H,1-4,11-12,14-17H2. The topological polar surface area (TPSA) is 61.6 Å². The minimum atomic E-state index is 0.0591. The number of benzene rings is 1. The number of nitrogens with zero attached hydrogens (tertiary/aromatic N) is 4. The lowest BCUT2D eigenvalue weighted by Crippen LogP contribution is -2.35. The molecular formula is C22H30N4O2. The molecular weight excluding hydrogens is 352 g/mol. The molecule has 2 aliphatic rings. The summed E-state index contributed by atoms with van der Waals surface area (Å²) in [5, 5.41) is 14.1.